The smallest absolute Gasteiger partial charge is 0.107 e. The lowest BCUT2D eigenvalue weighted by atomic mass is 10.1. The Morgan fingerprint density at radius 2 is 1.55 bits per heavy atom. The summed E-state index contributed by atoms with van der Waals surface area (Å²) in [5, 5.41) is 6.83. The first-order valence-electron chi connectivity index (χ1n) is 8.44. The van der Waals surface area contributed by atoms with Gasteiger partial charge in [-0.3, -0.25) is 0 Å². The van der Waals surface area contributed by atoms with Gasteiger partial charge >= 0.3 is 0 Å². The normalized spacial score (nSPS) is 11.1. The molecular weight excluding hydrogens is 264 g/mol. The molecule has 0 bridgehead atoms. The van der Waals surface area contributed by atoms with Crippen molar-refractivity contribution in [2.24, 2.45) is 0 Å². The maximum atomic E-state index is 4.46. The summed E-state index contributed by atoms with van der Waals surface area (Å²) < 4.78 is 0. The zero-order valence-electron chi connectivity index (χ0n) is 13.4. The fourth-order valence-corrected chi connectivity index (χ4v) is 3.16. The van der Waals surface area contributed by atoms with Gasteiger partial charge in [0.05, 0.1) is 0 Å². The quantitative estimate of drug-likeness (QED) is 0.489. The molecule has 0 fully saturated rings. The Kier molecular flexibility index (Phi) is 10.9. The van der Waals surface area contributed by atoms with Gasteiger partial charge in [-0.1, -0.05) is 64.7 Å². The van der Waals surface area contributed by atoms with Gasteiger partial charge in [0.25, 0.3) is 0 Å². The summed E-state index contributed by atoms with van der Waals surface area (Å²) in [6.07, 6.45) is 14.1. The third kappa shape index (κ3) is 9.49. The second-order valence-corrected chi connectivity index (χ2v) is 6.68. The number of hydrogen-bond acceptors (Lipinski definition) is 3. The molecule has 0 aromatic carbocycles. The SMILES string of the molecule is CCCCCCCCCCCCNCc1nc(C)cs1. The van der Waals surface area contributed by atoms with Crippen LogP contribution >= 0.6 is 11.3 Å². The third-order valence-electron chi connectivity index (χ3n) is 3.65. The fourth-order valence-electron chi connectivity index (χ4n) is 2.42. The van der Waals surface area contributed by atoms with E-state index in [2.05, 4.69) is 29.5 Å². The largest absolute Gasteiger partial charge is 0.310 e. The van der Waals surface area contributed by atoms with E-state index in [4.69, 9.17) is 0 Å². The van der Waals surface area contributed by atoms with Gasteiger partial charge in [0.15, 0.2) is 0 Å². The highest BCUT2D eigenvalue weighted by Crippen LogP contribution is 2.10. The predicted molar refractivity (Wildman–Crippen MR) is 90.4 cm³/mol. The molecule has 0 saturated heterocycles. The zero-order valence-corrected chi connectivity index (χ0v) is 14.2. The van der Waals surface area contributed by atoms with E-state index in [0.29, 0.717) is 0 Å². The molecule has 20 heavy (non-hydrogen) atoms. The molecule has 0 saturated carbocycles. The van der Waals surface area contributed by atoms with E-state index in [9.17, 15) is 0 Å². The van der Waals surface area contributed by atoms with Crippen molar-refractivity contribution in [1.82, 2.24) is 10.3 Å². The number of thiazole rings is 1. The van der Waals surface area contributed by atoms with Crippen LogP contribution in [0.2, 0.25) is 0 Å². The maximum Gasteiger partial charge on any atom is 0.107 e. The average Bonchev–Trinajstić information content (AvgIpc) is 2.86. The van der Waals surface area contributed by atoms with Crippen molar-refractivity contribution in [3.8, 4) is 0 Å². The minimum Gasteiger partial charge on any atom is -0.310 e. The number of hydrogen-bond donors (Lipinski definition) is 1. The molecule has 3 heteroatoms. The molecule has 116 valence electrons. The Labute approximate surface area is 129 Å². The van der Waals surface area contributed by atoms with Gasteiger partial charge in [0, 0.05) is 17.6 Å². The van der Waals surface area contributed by atoms with Gasteiger partial charge in [-0.25, -0.2) is 4.98 Å². The van der Waals surface area contributed by atoms with E-state index in [1.54, 1.807) is 11.3 Å². The summed E-state index contributed by atoms with van der Waals surface area (Å²) in [5.41, 5.74) is 1.14. The van der Waals surface area contributed by atoms with Crippen molar-refractivity contribution < 1.29 is 0 Å². The van der Waals surface area contributed by atoms with E-state index < -0.39 is 0 Å². The lowest BCUT2D eigenvalue weighted by Gasteiger charge is -2.03. The summed E-state index contributed by atoms with van der Waals surface area (Å²) in [6.45, 7) is 6.41. The van der Waals surface area contributed by atoms with Crippen LogP contribution in [0.1, 0.15) is 81.8 Å². The first kappa shape index (κ1) is 17.6. The molecule has 0 atom stereocenters. The minimum atomic E-state index is 0.940. The average molecular weight is 297 g/mol. The van der Waals surface area contributed by atoms with E-state index in [1.165, 1.54) is 69.2 Å². The molecule has 1 aromatic heterocycles. The van der Waals surface area contributed by atoms with Crippen molar-refractivity contribution in [2.45, 2.75) is 84.6 Å². The van der Waals surface area contributed by atoms with Crippen LogP contribution in [0, 0.1) is 6.92 Å². The Morgan fingerprint density at radius 1 is 0.950 bits per heavy atom. The van der Waals surface area contributed by atoms with Gasteiger partial charge in [-0.2, -0.15) is 0 Å². The molecule has 0 spiro atoms. The van der Waals surface area contributed by atoms with Crippen LogP contribution in [-0.4, -0.2) is 11.5 Å². The number of aryl methyl sites for hydroxylation is 1. The van der Waals surface area contributed by atoms with Gasteiger partial charge in [0.1, 0.15) is 5.01 Å². The van der Waals surface area contributed by atoms with E-state index in [-0.39, 0.29) is 0 Å². The van der Waals surface area contributed by atoms with Crippen molar-refractivity contribution in [3.63, 3.8) is 0 Å². The van der Waals surface area contributed by atoms with Crippen LogP contribution in [0.25, 0.3) is 0 Å². The second-order valence-electron chi connectivity index (χ2n) is 5.74. The van der Waals surface area contributed by atoms with Crippen molar-refractivity contribution in [2.75, 3.05) is 6.54 Å². The first-order valence-corrected chi connectivity index (χ1v) is 9.32. The second kappa shape index (κ2) is 12.3. The molecule has 0 aliphatic carbocycles. The standard InChI is InChI=1S/C17H32N2S/c1-3-4-5-6-7-8-9-10-11-12-13-18-14-17-19-16(2)15-20-17/h15,18H,3-14H2,1-2H3. The third-order valence-corrected chi connectivity index (χ3v) is 4.62. The van der Waals surface area contributed by atoms with E-state index >= 15 is 0 Å². The maximum absolute atomic E-state index is 4.46. The summed E-state index contributed by atoms with van der Waals surface area (Å²) in [4.78, 5) is 4.46. The zero-order chi connectivity index (χ0) is 14.5. The molecule has 0 radical (unpaired) electrons. The van der Waals surface area contributed by atoms with Gasteiger partial charge in [-0.15, -0.1) is 11.3 Å². The van der Waals surface area contributed by atoms with Crippen LogP contribution in [0.4, 0.5) is 0 Å². The summed E-state index contributed by atoms with van der Waals surface area (Å²) in [5.74, 6) is 0. The first-order chi connectivity index (χ1) is 9.83. The van der Waals surface area contributed by atoms with Crippen molar-refractivity contribution in [3.05, 3.63) is 16.1 Å². The molecule has 1 aromatic rings. The summed E-state index contributed by atoms with van der Waals surface area (Å²) in [6, 6.07) is 0. The Morgan fingerprint density at radius 3 is 2.10 bits per heavy atom. The summed E-state index contributed by atoms with van der Waals surface area (Å²) in [7, 11) is 0. The predicted octanol–water partition coefficient (Wildman–Crippen LogP) is 5.46. The summed E-state index contributed by atoms with van der Waals surface area (Å²) >= 11 is 1.76. The highest BCUT2D eigenvalue weighted by molar-refractivity contribution is 7.09. The molecule has 2 nitrogen and oxygen atoms in total. The number of unbranched alkanes of at least 4 members (excludes halogenated alkanes) is 9. The molecule has 1 N–H and O–H groups in total. The van der Waals surface area contributed by atoms with Crippen molar-refractivity contribution >= 4 is 11.3 Å². The van der Waals surface area contributed by atoms with Crippen LogP contribution < -0.4 is 5.32 Å². The highest BCUT2D eigenvalue weighted by Gasteiger charge is 1.97. The van der Waals surface area contributed by atoms with Gasteiger partial charge < -0.3 is 5.32 Å². The molecule has 0 aliphatic heterocycles. The monoisotopic (exact) mass is 296 g/mol. The number of nitrogens with zero attached hydrogens (tertiary/aromatic N) is 1. The van der Waals surface area contributed by atoms with Crippen LogP contribution in [-0.2, 0) is 6.54 Å². The van der Waals surface area contributed by atoms with Gasteiger partial charge in [-0.05, 0) is 19.9 Å². The molecule has 1 heterocycles. The number of rotatable bonds is 13. The molecule has 0 aliphatic rings. The Balaban J connectivity index is 1.76. The fraction of sp³-hybridized carbons (Fsp3) is 0.824. The van der Waals surface area contributed by atoms with E-state index in [1.807, 2.05) is 0 Å². The van der Waals surface area contributed by atoms with Gasteiger partial charge in [0.2, 0.25) is 0 Å². The van der Waals surface area contributed by atoms with Crippen LogP contribution in [0.15, 0.2) is 5.38 Å². The Bertz CT molecular complexity index is 323. The molecule has 0 amide bonds. The Hall–Kier alpha value is -0.410. The molecular formula is C17H32N2S. The lowest BCUT2D eigenvalue weighted by molar-refractivity contribution is 0.543. The topological polar surface area (TPSA) is 24.9 Å². The van der Waals surface area contributed by atoms with E-state index in [0.717, 1.165) is 18.8 Å². The molecule has 0 unspecified atom stereocenters. The van der Waals surface area contributed by atoms with Crippen LogP contribution in [0.5, 0.6) is 0 Å². The lowest BCUT2D eigenvalue weighted by Crippen LogP contribution is -2.14. The number of aromatic nitrogens is 1. The number of nitrogens with one attached hydrogen (secondary N) is 1. The van der Waals surface area contributed by atoms with Crippen LogP contribution in [0.3, 0.4) is 0 Å². The minimum absolute atomic E-state index is 0.940. The molecule has 1 rings (SSSR count). The van der Waals surface area contributed by atoms with Crippen molar-refractivity contribution in [1.29, 1.82) is 0 Å². The highest BCUT2D eigenvalue weighted by atomic mass is 32.1.